The Morgan fingerprint density at radius 3 is 2.96 bits per heavy atom. The predicted molar refractivity (Wildman–Crippen MR) is 82.9 cm³/mol. The van der Waals surface area contributed by atoms with Gasteiger partial charge in [0.25, 0.3) is 0 Å². The second-order valence-corrected chi connectivity index (χ2v) is 7.21. The first kappa shape index (κ1) is 16.2. The van der Waals surface area contributed by atoms with E-state index in [0.717, 1.165) is 18.7 Å². The van der Waals surface area contributed by atoms with E-state index in [1.165, 1.54) is 0 Å². The SMILES string of the molecule is Cn1ncc(C2NCCOC23CCN(C(=O)OC(C)(C)C)C3)n1. The van der Waals surface area contributed by atoms with E-state index in [-0.39, 0.29) is 12.1 Å². The van der Waals surface area contributed by atoms with Gasteiger partial charge in [-0.15, -0.1) is 0 Å². The lowest BCUT2D eigenvalue weighted by molar-refractivity contribution is -0.0912. The van der Waals surface area contributed by atoms with Gasteiger partial charge < -0.3 is 19.7 Å². The fourth-order valence-electron chi connectivity index (χ4n) is 3.24. The number of hydrogen-bond acceptors (Lipinski definition) is 6. The molecule has 8 heteroatoms. The van der Waals surface area contributed by atoms with Gasteiger partial charge in [-0.1, -0.05) is 0 Å². The Bertz CT molecular complexity index is 582. The van der Waals surface area contributed by atoms with Crippen molar-refractivity contribution in [2.45, 2.75) is 44.4 Å². The first-order valence-corrected chi connectivity index (χ1v) is 8.01. The number of likely N-dealkylation sites (tertiary alicyclic amines) is 1. The Hall–Kier alpha value is -1.67. The highest BCUT2D eigenvalue weighted by atomic mass is 16.6. The highest BCUT2D eigenvalue weighted by Crippen LogP contribution is 2.39. The van der Waals surface area contributed by atoms with Crippen LogP contribution in [0.1, 0.15) is 38.9 Å². The molecule has 3 heterocycles. The maximum atomic E-state index is 12.3. The second-order valence-electron chi connectivity index (χ2n) is 7.21. The van der Waals surface area contributed by atoms with Crippen LogP contribution in [0.3, 0.4) is 0 Å². The predicted octanol–water partition coefficient (Wildman–Crippen LogP) is 0.856. The summed E-state index contributed by atoms with van der Waals surface area (Å²) in [5.74, 6) is 0. The fraction of sp³-hybridized carbons (Fsp3) is 0.800. The zero-order valence-electron chi connectivity index (χ0n) is 14.2. The Morgan fingerprint density at radius 2 is 2.30 bits per heavy atom. The second kappa shape index (κ2) is 5.76. The molecule has 2 atom stereocenters. The minimum absolute atomic E-state index is 0.0719. The lowest BCUT2D eigenvalue weighted by Gasteiger charge is -2.40. The van der Waals surface area contributed by atoms with E-state index in [1.54, 1.807) is 22.9 Å². The summed E-state index contributed by atoms with van der Waals surface area (Å²) < 4.78 is 11.6. The number of amides is 1. The molecule has 0 radical (unpaired) electrons. The van der Waals surface area contributed by atoms with Gasteiger partial charge in [0.1, 0.15) is 16.9 Å². The third-order valence-electron chi connectivity index (χ3n) is 4.19. The van der Waals surface area contributed by atoms with Crippen LogP contribution in [-0.2, 0) is 16.5 Å². The Labute approximate surface area is 136 Å². The maximum Gasteiger partial charge on any atom is 0.410 e. The molecule has 23 heavy (non-hydrogen) atoms. The zero-order valence-corrected chi connectivity index (χ0v) is 14.2. The van der Waals surface area contributed by atoms with Crippen LogP contribution < -0.4 is 5.32 Å². The molecule has 1 N–H and O–H groups in total. The van der Waals surface area contributed by atoms with E-state index >= 15 is 0 Å². The number of hydrogen-bond donors (Lipinski definition) is 1. The van der Waals surface area contributed by atoms with Gasteiger partial charge in [0.15, 0.2) is 0 Å². The van der Waals surface area contributed by atoms with Crippen LogP contribution in [0.2, 0.25) is 0 Å². The quantitative estimate of drug-likeness (QED) is 0.825. The normalized spacial score (nSPS) is 28.3. The van der Waals surface area contributed by atoms with E-state index in [2.05, 4.69) is 15.5 Å². The van der Waals surface area contributed by atoms with Crippen molar-refractivity contribution in [3.05, 3.63) is 11.9 Å². The molecule has 1 spiro atoms. The molecule has 2 aliphatic heterocycles. The molecular weight excluding hydrogens is 298 g/mol. The van der Waals surface area contributed by atoms with E-state index in [9.17, 15) is 4.79 Å². The highest BCUT2D eigenvalue weighted by Gasteiger charge is 2.50. The topological polar surface area (TPSA) is 81.5 Å². The van der Waals surface area contributed by atoms with Crippen LogP contribution in [-0.4, -0.2) is 63.4 Å². The van der Waals surface area contributed by atoms with Gasteiger partial charge in [0, 0.05) is 20.1 Å². The number of carbonyl (C=O) groups is 1. The third-order valence-corrected chi connectivity index (χ3v) is 4.19. The number of nitrogens with one attached hydrogen (secondary N) is 1. The largest absolute Gasteiger partial charge is 0.444 e. The fourth-order valence-corrected chi connectivity index (χ4v) is 3.24. The molecule has 2 unspecified atom stereocenters. The first-order valence-electron chi connectivity index (χ1n) is 8.01. The Kier molecular flexibility index (Phi) is 4.05. The van der Waals surface area contributed by atoms with Crippen molar-refractivity contribution in [2.75, 3.05) is 26.2 Å². The molecule has 0 saturated carbocycles. The summed E-state index contributed by atoms with van der Waals surface area (Å²) >= 11 is 0. The molecular formula is C15H25N5O3. The van der Waals surface area contributed by atoms with Crippen molar-refractivity contribution in [1.82, 2.24) is 25.2 Å². The molecule has 3 rings (SSSR count). The maximum absolute atomic E-state index is 12.3. The average molecular weight is 323 g/mol. The van der Waals surface area contributed by atoms with Crippen molar-refractivity contribution >= 4 is 6.09 Å². The minimum Gasteiger partial charge on any atom is -0.444 e. The highest BCUT2D eigenvalue weighted by molar-refractivity contribution is 5.68. The van der Waals surface area contributed by atoms with Gasteiger partial charge in [0.05, 0.1) is 25.4 Å². The Morgan fingerprint density at radius 1 is 1.52 bits per heavy atom. The molecule has 128 valence electrons. The summed E-state index contributed by atoms with van der Waals surface area (Å²) in [6.07, 6.45) is 2.21. The number of aromatic nitrogens is 3. The van der Waals surface area contributed by atoms with Crippen LogP contribution in [0.25, 0.3) is 0 Å². The number of carbonyl (C=O) groups excluding carboxylic acids is 1. The monoisotopic (exact) mass is 323 g/mol. The van der Waals surface area contributed by atoms with Crippen molar-refractivity contribution in [3.63, 3.8) is 0 Å². The smallest absolute Gasteiger partial charge is 0.410 e. The molecule has 2 fully saturated rings. The molecule has 2 saturated heterocycles. The molecule has 1 aromatic rings. The number of ether oxygens (including phenoxy) is 2. The van der Waals surface area contributed by atoms with Gasteiger partial charge in [-0.2, -0.15) is 15.0 Å². The van der Waals surface area contributed by atoms with E-state index in [4.69, 9.17) is 9.47 Å². The number of aryl methyl sites for hydroxylation is 1. The van der Waals surface area contributed by atoms with Crippen LogP contribution in [0.4, 0.5) is 4.79 Å². The molecule has 0 aromatic carbocycles. The average Bonchev–Trinajstić information content (AvgIpc) is 3.05. The van der Waals surface area contributed by atoms with Crippen LogP contribution in [0, 0.1) is 0 Å². The van der Waals surface area contributed by atoms with E-state index in [0.29, 0.717) is 19.7 Å². The van der Waals surface area contributed by atoms with Crippen molar-refractivity contribution in [2.24, 2.45) is 7.05 Å². The van der Waals surface area contributed by atoms with Gasteiger partial charge in [0.2, 0.25) is 0 Å². The van der Waals surface area contributed by atoms with Crippen molar-refractivity contribution in [1.29, 1.82) is 0 Å². The molecule has 2 aliphatic rings. The van der Waals surface area contributed by atoms with E-state index < -0.39 is 11.2 Å². The molecule has 8 nitrogen and oxygen atoms in total. The summed E-state index contributed by atoms with van der Waals surface area (Å²) in [4.78, 5) is 15.6. The summed E-state index contributed by atoms with van der Waals surface area (Å²) in [5.41, 5.74) is -0.119. The summed E-state index contributed by atoms with van der Waals surface area (Å²) in [7, 11) is 1.79. The van der Waals surface area contributed by atoms with Gasteiger partial charge in [-0.3, -0.25) is 0 Å². The summed E-state index contributed by atoms with van der Waals surface area (Å²) in [6, 6.07) is -0.0719. The number of nitrogens with zero attached hydrogens (tertiary/aromatic N) is 4. The van der Waals surface area contributed by atoms with Gasteiger partial charge in [-0.05, 0) is 27.2 Å². The first-order chi connectivity index (χ1) is 10.8. The Balaban J connectivity index is 1.76. The van der Waals surface area contributed by atoms with Crippen LogP contribution >= 0.6 is 0 Å². The molecule has 0 aliphatic carbocycles. The molecule has 0 bridgehead atoms. The zero-order chi connectivity index (χ0) is 16.7. The standard InChI is InChI=1S/C15H25N5O3/c1-14(2,3)23-13(21)20-7-5-15(10-20)12(16-6-8-22-15)11-9-17-19(4)18-11/h9,12,16H,5-8,10H2,1-4H3. The van der Waals surface area contributed by atoms with Crippen molar-refractivity contribution in [3.8, 4) is 0 Å². The minimum atomic E-state index is -0.497. The van der Waals surface area contributed by atoms with Gasteiger partial charge >= 0.3 is 6.09 Å². The van der Waals surface area contributed by atoms with Crippen LogP contribution in [0.15, 0.2) is 6.20 Å². The lowest BCUT2D eigenvalue weighted by Crippen LogP contribution is -2.54. The summed E-state index contributed by atoms with van der Waals surface area (Å²) in [5, 5.41) is 12.0. The number of rotatable bonds is 1. The third kappa shape index (κ3) is 3.32. The summed E-state index contributed by atoms with van der Waals surface area (Å²) in [6.45, 7) is 8.12. The van der Waals surface area contributed by atoms with Crippen LogP contribution in [0.5, 0.6) is 0 Å². The number of morpholine rings is 1. The molecule has 1 amide bonds. The lowest BCUT2D eigenvalue weighted by atomic mass is 9.89. The van der Waals surface area contributed by atoms with Crippen molar-refractivity contribution < 1.29 is 14.3 Å². The molecule has 1 aromatic heterocycles. The van der Waals surface area contributed by atoms with E-state index in [1.807, 2.05) is 20.8 Å². The van der Waals surface area contributed by atoms with Gasteiger partial charge in [-0.25, -0.2) is 4.79 Å².